The molecule has 8 heteroatoms. The van der Waals surface area contributed by atoms with Crippen LogP contribution in [0.3, 0.4) is 0 Å². The number of amides is 1. The lowest BCUT2D eigenvalue weighted by Crippen LogP contribution is -2.34. The van der Waals surface area contributed by atoms with Crippen LogP contribution in [0.4, 0.5) is 11.4 Å². The van der Waals surface area contributed by atoms with Gasteiger partial charge >= 0.3 is 0 Å². The van der Waals surface area contributed by atoms with Crippen LogP contribution in [0.5, 0.6) is 5.75 Å². The van der Waals surface area contributed by atoms with Crippen LogP contribution in [0, 0.1) is 10.1 Å². The lowest BCUT2D eigenvalue weighted by molar-refractivity contribution is -0.384. The number of rotatable bonds is 9. The first-order valence-corrected chi connectivity index (χ1v) is 10.0. The Morgan fingerprint density at radius 1 is 1.30 bits per heavy atom. The van der Waals surface area contributed by atoms with Gasteiger partial charge in [-0.25, -0.2) is 0 Å². The first-order chi connectivity index (χ1) is 14.5. The summed E-state index contributed by atoms with van der Waals surface area (Å²) < 4.78 is 5.19. The van der Waals surface area contributed by atoms with Gasteiger partial charge in [0, 0.05) is 44.2 Å². The molecular formula is C22H28N4O4. The molecular weight excluding hydrogens is 384 g/mol. The average molecular weight is 412 g/mol. The Kier molecular flexibility index (Phi) is 7.37. The number of anilines is 1. The third-order valence-corrected chi connectivity index (χ3v) is 5.47. The molecule has 0 bridgehead atoms. The third-order valence-electron chi connectivity index (χ3n) is 5.47. The van der Waals surface area contributed by atoms with E-state index in [2.05, 4.69) is 46.4 Å². The van der Waals surface area contributed by atoms with Crippen LogP contribution < -0.4 is 10.1 Å². The molecule has 1 N–H and O–H groups in total. The summed E-state index contributed by atoms with van der Waals surface area (Å²) in [7, 11) is 3.61. The number of carbonyl (C=O) groups is 1. The summed E-state index contributed by atoms with van der Waals surface area (Å²) in [6, 6.07) is 15.0. The molecule has 1 aliphatic heterocycles. The zero-order chi connectivity index (χ0) is 21.5. The number of hydrogen-bond donors (Lipinski definition) is 1. The molecule has 1 saturated heterocycles. The van der Waals surface area contributed by atoms with E-state index in [9.17, 15) is 14.9 Å². The van der Waals surface area contributed by atoms with Crippen LogP contribution in [-0.2, 0) is 11.3 Å². The Morgan fingerprint density at radius 2 is 2.07 bits per heavy atom. The maximum atomic E-state index is 12.4. The van der Waals surface area contributed by atoms with Crippen molar-refractivity contribution in [2.45, 2.75) is 25.4 Å². The highest BCUT2D eigenvalue weighted by atomic mass is 16.6. The number of benzene rings is 2. The van der Waals surface area contributed by atoms with Gasteiger partial charge in [0.1, 0.15) is 5.75 Å². The van der Waals surface area contributed by atoms with Gasteiger partial charge in [-0.3, -0.25) is 19.8 Å². The summed E-state index contributed by atoms with van der Waals surface area (Å²) >= 11 is 0. The van der Waals surface area contributed by atoms with Crippen molar-refractivity contribution in [1.29, 1.82) is 0 Å². The van der Waals surface area contributed by atoms with Crippen molar-refractivity contribution < 1.29 is 14.5 Å². The molecule has 1 fully saturated rings. The van der Waals surface area contributed by atoms with Gasteiger partial charge in [-0.15, -0.1) is 0 Å². The van der Waals surface area contributed by atoms with Gasteiger partial charge in [-0.1, -0.05) is 30.3 Å². The molecule has 1 aliphatic rings. The number of ether oxygens (including phenoxy) is 1. The second-order valence-electron chi connectivity index (χ2n) is 7.58. The highest BCUT2D eigenvalue weighted by Crippen LogP contribution is 2.29. The molecule has 0 aromatic heterocycles. The van der Waals surface area contributed by atoms with E-state index in [-0.39, 0.29) is 11.6 Å². The third kappa shape index (κ3) is 5.77. The molecule has 0 saturated carbocycles. The van der Waals surface area contributed by atoms with Crippen molar-refractivity contribution in [3.8, 4) is 5.75 Å². The first-order valence-electron chi connectivity index (χ1n) is 10.0. The van der Waals surface area contributed by atoms with Crippen molar-refractivity contribution in [3.05, 3.63) is 64.2 Å². The van der Waals surface area contributed by atoms with Crippen molar-refractivity contribution >= 4 is 17.3 Å². The minimum absolute atomic E-state index is 0.0880. The van der Waals surface area contributed by atoms with E-state index >= 15 is 0 Å². The number of likely N-dealkylation sites (N-methyl/N-ethyl adjacent to an activating group) is 1. The number of likely N-dealkylation sites (tertiary alicyclic amines) is 1. The zero-order valence-corrected chi connectivity index (χ0v) is 17.4. The SMILES string of the molecule is COc1ccc([N+](=O)[O-])cc1NC(=O)CCN1CC[C@@H](N(C)Cc2ccccc2)C1. The van der Waals surface area contributed by atoms with Crippen molar-refractivity contribution in [1.82, 2.24) is 9.80 Å². The van der Waals surface area contributed by atoms with Gasteiger partial charge < -0.3 is 15.0 Å². The number of nitro benzene ring substituents is 1. The molecule has 3 rings (SSSR count). The molecule has 30 heavy (non-hydrogen) atoms. The van der Waals surface area contributed by atoms with Crippen molar-refractivity contribution in [2.24, 2.45) is 0 Å². The topological polar surface area (TPSA) is 87.9 Å². The maximum Gasteiger partial charge on any atom is 0.271 e. The van der Waals surface area contributed by atoms with Crippen molar-refractivity contribution in [2.75, 3.05) is 39.1 Å². The van der Waals surface area contributed by atoms with Gasteiger partial charge in [0.05, 0.1) is 17.7 Å². The lowest BCUT2D eigenvalue weighted by Gasteiger charge is -2.24. The van der Waals surface area contributed by atoms with Crippen LogP contribution in [0.15, 0.2) is 48.5 Å². The van der Waals surface area contributed by atoms with E-state index in [1.54, 1.807) is 0 Å². The van der Waals surface area contributed by atoms with Gasteiger partial charge in [-0.05, 0) is 31.6 Å². The summed E-state index contributed by atoms with van der Waals surface area (Å²) in [6.07, 6.45) is 1.39. The molecule has 2 aromatic rings. The number of non-ortho nitro benzene ring substituents is 1. The van der Waals surface area contributed by atoms with Gasteiger partial charge in [-0.2, -0.15) is 0 Å². The van der Waals surface area contributed by atoms with Gasteiger partial charge in [0.2, 0.25) is 5.91 Å². The highest BCUT2D eigenvalue weighted by Gasteiger charge is 2.26. The van der Waals surface area contributed by atoms with Crippen LogP contribution in [0.2, 0.25) is 0 Å². The Morgan fingerprint density at radius 3 is 2.77 bits per heavy atom. The molecule has 1 atom stereocenters. The summed E-state index contributed by atoms with van der Waals surface area (Å²) in [5, 5.41) is 13.7. The highest BCUT2D eigenvalue weighted by molar-refractivity contribution is 5.92. The monoisotopic (exact) mass is 412 g/mol. The molecule has 1 amide bonds. The van der Waals surface area contributed by atoms with E-state index in [1.165, 1.54) is 30.9 Å². The minimum atomic E-state index is -0.495. The molecule has 160 valence electrons. The second kappa shape index (κ2) is 10.2. The minimum Gasteiger partial charge on any atom is -0.495 e. The van der Waals surface area contributed by atoms with Crippen LogP contribution in [0.1, 0.15) is 18.4 Å². The summed E-state index contributed by atoms with van der Waals surface area (Å²) in [6.45, 7) is 3.44. The normalized spacial score (nSPS) is 16.6. The Labute approximate surface area is 176 Å². The molecule has 8 nitrogen and oxygen atoms in total. The standard InChI is InChI=1S/C22H28N4O4/c1-24(15-17-6-4-3-5-7-17)19-10-12-25(16-19)13-11-22(27)23-20-14-18(26(28)29)8-9-21(20)30-2/h3-9,14,19H,10-13,15-16H2,1-2H3,(H,23,27)/t19-/m1/s1. The maximum absolute atomic E-state index is 12.4. The van der Waals surface area contributed by atoms with E-state index in [0.717, 1.165) is 26.1 Å². The van der Waals surface area contributed by atoms with Crippen LogP contribution in [-0.4, -0.2) is 60.5 Å². The Bertz CT molecular complexity index is 875. The van der Waals surface area contributed by atoms with Crippen LogP contribution in [0.25, 0.3) is 0 Å². The van der Waals surface area contributed by atoms with E-state index in [0.29, 0.717) is 30.4 Å². The van der Waals surface area contributed by atoms with Crippen LogP contribution >= 0.6 is 0 Å². The number of methoxy groups -OCH3 is 1. The Balaban J connectivity index is 1.48. The van der Waals surface area contributed by atoms with Gasteiger partial charge in [0.25, 0.3) is 5.69 Å². The molecule has 0 spiro atoms. The number of hydrogen-bond acceptors (Lipinski definition) is 6. The second-order valence-corrected chi connectivity index (χ2v) is 7.58. The summed E-state index contributed by atoms with van der Waals surface area (Å²) in [4.78, 5) is 27.5. The van der Waals surface area contributed by atoms with E-state index < -0.39 is 4.92 Å². The van der Waals surface area contributed by atoms with E-state index in [1.807, 2.05) is 6.07 Å². The number of carbonyl (C=O) groups excluding carboxylic acids is 1. The number of nitro groups is 1. The molecule has 0 radical (unpaired) electrons. The van der Waals surface area contributed by atoms with Crippen molar-refractivity contribution in [3.63, 3.8) is 0 Å². The number of nitrogens with one attached hydrogen (secondary N) is 1. The summed E-state index contributed by atoms with van der Waals surface area (Å²) in [5.74, 6) is 0.215. The molecule has 1 heterocycles. The zero-order valence-electron chi connectivity index (χ0n) is 17.4. The fourth-order valence-electron chi connectivity index (χ4n) is 3.76. The Hall–Kier alpha value is -2.97. The average Bonchev–Trinajstić information content (AvgIpc) is 3.22. The first kappa shape index (κ1) is 21.7. The lowest BCUT2D eigenvalue weighted by atomic mass is 10.1. The van der Waals surface area contributed by atoms with E-state index in [4.69, 9.17) is 4.74 Å². The fourth-order valence-corrected chi connectivity index (χ4v) is 3.76. The van der Waals surface area contributed by atoms with Gasteiger partial charge in [0.15, 0.2) is 0 Å². The molecule has 0 aliphatic carbocycles. The predicted octanol–water partition coefficient (Wildman–Crippen LogP) is 3.14. The molecule has 2 aromatic carbocycles. The quantitative estimate of drug-likeness (QED) is 0.503. The smallest absolute Gasteiger partial charge is 0.271 e. The summed E-state index contributed by atoms with van der Waals surface area (Å²) in [5.41, 5.74) is 1.53. The molecule has 0 unspecified atom stereocenters. The largest absolute Gasteiger partial charge is 0.495 e. The number of nitrogens with zero attached hydrogens (tertiary/aromatic N) is 3. The fraction of sp³-hybridized carbons (Fsp3) is 0.409. The predicted molar refractivity (Wildman–Crippen MR) is 116 cm³/mol.